The van der Waals surface area contributed by atoms with Crippen LogP contribution in [0.25, 0.3) is 0 Å². The zero-order valence-corrected chi connectivity index (χ0v) is 18.3. The van der Waals surface area contributed by atoms with E-state index in [9.17, 15) is 23.3 Å². The molecule has 31 heavy (non-hydrogen) atoms. The van der Waals surface area contributed by atoms with Gasteiger partial charge in [0.15, 0.2) is 11.5 Å². The Morgan fingerprint density at radius 3 is 2.23 bits per heavy atom. The minimum atomic E-state index is -3.77. The third kappa shape index (κ3) is 3.65. The van der Waals surface area contributed by atoms with Crippen molar-refractivity contribution in [2.75, 3.05) is 19.7 Å². The summed E-state index contributed by atoms with van der Waals surface area (Å²) in [5, 5.41) is 11.6. The fourth-order valence-electron chi connectivity index (χ4n) is 6.75. The Kier molecular flexibility index (Phi) is 5.08. The van der Waals surface area contributed by atoms with Crippen LogP contribution < -0.4 is 4.74 Å². The Morgan fingerprint density at radius 1 is 1.10 bits per heavy atom. The zero-order chi connectivity index (χ0) is 21.8. The lowest BCUT2D eigenvalue weighted by Gasteiger charge is -2.55. The first-order valence-corrected chi connectivity index (χ1v) is 12.7. The van der Waals surface area contributed by atoms with E-state index in [1.807, 2.05) is 0 Å². The summed E-state index contributed by atoms with van der Waals surface area (Å²) in [5.74, 6) is 1.86. The van der Waals surface area contributed by atoms with E-state index in [2.05, 4.69) is 0 Å². The second-order valence-electron chi connectivity index (χ2n) is 9.91. The molecule has 1 aromatic rings. The highest BCUT2D eigenvalue weighted by atomic mass is 32.2. The number of nitrogens with zero attached hydrogens (tertiary/aromatic N) is 2. The van der Waals surface area contributed by atoms with Crippen LogP contribution in [-0.4, -0.2) is 43.1 Å². The molecular formula is C22H28N2O6S. The van der Waals surface area contributed by atoms with E-state index >= 15 is 0 Å². The molecule has 0 atom stereocenters. The lowest BCUT2D eigenvalue weighted by Crippen LogP contribution is -2.51. The van der Waals surface area contributed by atoms with Crippen LogP contribution in [-0.2, 0) is 14.8 Å². The molecule has 8 nitrogen and oxygen atoms in total. The maximum Gasteiger partial charge on any atom is 0.312 e. The van der Waals surface area contributed by atoms with Crippen molar-refractivity contribution in [2.45, 2.75) is 56.3 Å². The van der Waals surface area contributed by atoms with Gasteiger partial charge in [-0.05, 0) is 81.3 Å². The Bertz CT molecular complexity index is 980. The van der Waals surface area contributed by atoms with Crippen LogP contribution >= 0.6 is 0 Å². The van der Waals surface area contributed by atoms with Gasteiger partial charge in [0.2, 0.25) is 10.0 Å². The van der Waals surface area contributed by atoms with Crippen molar-refractivity contribution >= 4 is 21.5 Å². The smallest absolute Gasteiger partial charge is 0.312 e. The lowest BCUT2D eigenvalue weighted by molar-refractivity contribution is -0.386. The van der Waals surface area contributed by atoms with Gasteiger partial charge in [-0.1, -0.05) is 0 Å². The second-order valence-corrected chi connectivity index (χ2v) is 11.8. The summed E-state index contributed by atoms with van der Waals surface area (Å²) in [6, 6.07) is 3.71. The van der Waals surface area contributed by atoms with Crippen LogP contribution in [0.1, 0.15) is 51.4 Å². The highest BCUT2D eigenvalue weighted by Gasteiger charge is 2.54. The van der Waals surface area contributed by atoms with Crippen molar-refractivity contribution in [1.29, 1.82) is 0 Å². The molecule has 0 N–H and O–H groups in total. The number of Topliss-reactive ketones (excluding diaryl/α,β-unsaturated/α-hetero) is 1. The van der Waals surface area contributed by atoms with Crippen LogP contribution in [0.5, 0.6) is 5.75 Å². The van der Waals surface area contributed by atoms with E-state index in [0.29, 0.717) is 30.8 Å². The van der Waals surface area contributed by atoms with Gasteiger partial charge in [0, 0.05) is 24.6 Å². The van der Waals surface area contributed by atoms with Crippen molar-refractivity contribution in [3.8, 4) is 5.75 Å². The fraction of sp³-hybridized carbons (Fsp3) is 0.682. The van der Waals surface area contributed by atoms with Gasteiger partial charge in [0.1, 0.15) is 6.61 Å². The maximum absolute atomic E-state index is 13.2. The molecule has 1 aromatic carbocycles. The number of rotatable bonds is 7. The molecule has 4 bridgehead atoms. The standard InChI is InChI=1S/C22H28N2O6S/c25-21(22-11-15-7-16(12-22)9-17(8-15)13-22)14-30-20-4-3-18(10-19(20)24(26)27)31(28,29)23-5-1-2-6-23/h3-4,10,15-17H,1-2,5-9,11-14H2. The molecule has 1 saturated heterocycles. The molecule has 4 aliphatic carbocycles. The van der Waals surface area contributed by atoms with E-state index in [4.69, 9.17) is 4.74 Å². The number of benzene rings is 1. The second kappa shape index (κ2) is 7.55. The minimum Gasteiger partial charge on any atom is -0.479 e. The zero-order valence-electron chi connectivity index (χ0n) is 17.5. The maximum atomic E-state index is 13.2. The van der Waals surface area contributed by atoms with Gasteiger partial charge in [0.05, 0.1) is 9.82 Å². The van der Waals surface area contributed by atoms with Crippen molar-refractivity contribution in [3.05, 3.63) is 28.3 Å². The van der Waals surface area contributed by atoms with Crippen LogP contribution in [0.15, 0.2) is 23.1 Å². The highest BCUT2D eigenvalue weighted by molar-refractivity contribution is 7.89. The first kappa shape index (κ1) is 20.9. The number of hydrogen-bond donors (Lipinski definition) is 0. The molecule has 6 rings (SSSR count). The summed E-state index contributed by atoms with van der Waals surface area (Å²) in [6.45, 7) is 0.646. The first-order chi connectivity index (χ1) is 14.8. The number of nitro groups is 1. The molecule has 168 valence electrons. The molecule has 0 amide bonds. The summed E-state index contributed by atoms with van der Waals surface area (Å²) in [4.78, 5) is 24.0. The molecule has 4 saturated carbocycles. The number of nitro benzene ring substituents is 1. The van der Waals surface area contributed by atoms with E-state index in [-0.39, 0.29) is 28.5 Å². The van der Waals surface area contributed by atoms with Gasteiger partial charge in [-0.2, -0.15) is 4.31 Å². The van der Waals surface area contributed by atoms with Crippen LogP contribution in [0.4, 0.5) is 5.69 Å². The lowest BCUT2D eigenvalue weighted by atomic mass is 9.48. The number of carbonyl (C=O) groups is 1. The van der Waals surface area contributed by atoms with Crippen LogP contribution in [0.3, 0.4) is 0 Å². The molecule has 1 heterocycles. The van der Waals surface area contributed by atoms with Gasteiger partial charge in [0.25, 0.3) is 0 Å². The van der Waals surface area contributed by atoms with E-state index < -0.39 is 20.6 Å². The predicted octanol–water partition coefficient (Wildman–Crippen LogP) is 3.54. The Morgan fingerprint density at radius 2 is 1.68 bits per heavy atom. The number of hydrogen-bond acceptors (Lipinski definition) is 6. The summed E-state index contributed by atoms with van der Waals surface area (Å²) < 4.78 is 32.5. The van der Waals surface area contributed by atoms with E-state index in [0.717, 1.165) is 38.2 Å². The summed E-state index contributed by atoms with van der Waals surface area (Å²) in [5.41, 5.74) is -0.749. The monoisotopic (exact) mass is 448 g/mol. The molecule has 5 fully saturated rings. The number of ether oxygens (including phenoxy) is 1. The van der Waals surface area contributed by atoms with Crippen molar-refractivity contribution in [1.82, 2.24) is 4.31 Å². The molecule has 0 spiro atoms. The third-order valence-corrected chi connectivity index (χ3v) is 9.71. The molecule has 9 heteroatoms. The average molecular weight is 449 g/mol. The quantitative estimate of drug-likeness (QED) is 0.466. The Labute approximate surface area is 182 Å². The Balaban J connectivity index is 1.33. The molecule has 5 aliphatic rings. The molecule has 0 unspecified atom stereocenters. The normalized spacial score (nSPS) is 32.3. The van der Waals surface area contributed by atoms with E-state index in [1.54, 1.807) is 0 Å². The third-order valence-electron chi connectivity index (χ3n) is 7.82. The summed E-state index contributed by atoms with van der Waals surface area (Å²) in [7, 11) is -3.77. The molecule has 0 radical (unpaired) electrons. The van der Waals surface area contributed by atoms with Gasteiger partial charge in [-0.25, -0.2) is 8.42 Å². The predicted molar refractivity (Wildman–Crippen MR) is 112 cm³/mol. The number of carbonyl (C=O) groups excluding carboxylic acids is 1. The highest BCUT2D eigenvalue weighted by Crippen LogP contribution is 2.60. The first-order valence-electron chi connectivity index (χ1n) is 11.2. The van der Waals surface area contributed by atoms with Crippen molar-refractivity contribution in [3.63, 3.8) is 0 Å². The van der Waals surface area contributed by atoms with Gasteiger partial charge >= 0.3 is 5.69 Å². The van der Waals surface area contributed by atoms with Gasteiger partial charge < -0.3 is 4.74 Å². The van der Waals surface area contributed by atoms with Crippen molar-refractivity contribution < 1.29 is 22.9 Å². The van der Waals surface area contributed by atoms with Crippen LogP contribution in [0, 0.1) is 33.3 Å². The summed E-state index contributed by atoms with van der Waals surface area (Å²) in [6.07, 6.45) is 8.00. The number of ketones is 1. The molecular weight excluding hydrogens is 420 g/mol. The SMILES string of the molecule is O=C(COc1ccc(S(=O)(=O)N2CCCC2)cc1[N+](=O)[O-])C12CC3CC(CC(C3)C1)C2. The number of sulfonamides is 1. The van der Waals surface area contributed by atoms with Crippen LogP contribution in [0.2, 0.25) is 0 Å². The summed E-state index contributed by atoms with van der Waals surface area (Å²) >= 11 is 0. The molecule has 1 aliphatic heterocycles. The molecule has 0 aromatic heterocycles. The average Bonchev–Trinajstić information content (AvgIpc) is 3.26. The largest absolute Gasteiger partial charge is 0.479 e. The fourth-order valence-corrected chi connectivity index (χ4v) is 8.29. The van der Waals surface area contributed by atoms with Gasteiger partial charge in [-0.15, -0.1) is 0 Å². The van der Waals surface area contributed by atoms with Crippen molar-refractivity contribution in [2.24, 2.45) is 23.2 Å². The Hall–Kier alpha value is -2.00. The van der Waals surface area contributed by atoms with Gasteiger partial charge in [-0.3, -0.25) is 14.9 Å². The van der Waals surface area contributed by atoms with E-state index in [1.165, 1.54) is 35.7 Å². The topological polar surface area (TPSA) is 107 Å². The minimum absolute atomic E-state index is 0.0367.